The van der Waals surface area contributed by atoms with E-state index < -0.39 is 0 Å². The smallest absolute Gasteiger partial charge is 0.214 e. The molecule has 0 radical (unpaired) electrons. The number of pyridine rings is 2. The molecule has 1 saturated heterocycles. The van der Waals surface area contributed by atoms with Crippen molar-refractivity contribution in [2.75, 3.05) is 6.61 Å². The van der Waals surface area contributed by atoms with Crippen LogP contribution in [-0.4, -0.2) is 32.2 Å². The second-order valence-corrected chi connectivity index (χ2v) is 12.2. The summed E-state index contributed by atoms with van der Waals surface area (Å²) in [4.78, 5) is 14.2. The number of hydrogen-bond acceptors (Lipinski definition) is 6. The van der Waals surface area contributed by atoms with Crippen LogP contribution in [0.1, 0.15) is 48.3 Å². The van der Waals surface area contributed by atoms with Gasteiger partial charge in [0.05, 0.1) is 22.8 Å². The van der Waals surface area contributed by atoms with Crippen LogP contribution in [0.2, 0.25) is 0 Å². The third kappa shape index (κ3) is 5.80. The van der Waals surface area contributed by atoms with Gasteiger partial charge in [0.2, 0.25) is 11.8 Å². The van der Waals surface area contributed by atoms with Gasteiger partial charge in [-0.2, -0.15) is 0 Å². The normalized spacial score (nSPS) is 19.2. The van der Waals surface area contributed by atoms with Gasteiger partial charge in [0, 0.05) is 42.5 Å². The fourth-order valence-electron chi connectivity index (χ4n) is 5.81. The minimum atomic E-state index is 0.312. The molecule has 2 aliphatic rings. The number of aryl methyl sites for hydroxylation is 1. The number of ether oxygens (including phenoxy) is 3. The number of imidazole rings is 1. The molecule has 43 heavy (non-hydrogen) atoms. The van der Waals surface area contributed by atoms with Gasteiger partial charge in [0.1, 0.15) is 19.0 Å². The number of nitrogens with zero attached hydrogens (tertiary/aromatic N) is 4. The van der Waals surface area contributed by atoms with Crippen LogP contribution in [0.4, 0.5) is 0 Å². The van der Waals surface area contributed by atoms with Crippen molar-refractivity contribution in [1.82, 2.24) is 19.5 Å². The minimum absolute atomic E-state index is 0.312. The van der Waals surface area contributed by atoms with E-state index in [-0.39, 0.29) is 0 Å². The van der Waals surface area contributed by atoms with Crippen molar-refractivity contribution >= 4 is 31.2 Å². The fourth-order valence-corrected chi connectivity index (χ4v) is 6.25. The average Bonchev–Trinajstić information content (AvgIpc) is 3.64. The summed E-state index contributed by atoms with van der Waals surface area (Å²) in [6.07, 6.45) is 4.34. The zero-order valence-electron chi connectivity index (χ0n) is 24.5. The molecule has 1 aliphatic heterocycles. The van der Waals surface area contributed by atoms with Crippen molar-refractivity contribution in [3.8, 4) is 23.0 Å². The molecule has 7 rings (SSSR count). The van der Waals surface area contributed by atoms with E-state index >= 15 is 0 Å². The predicted molar refractivity (Wildman–Crippen MR) is 173 cm³/mol. The third-order valence-corrected chi connectivity index (χ3v) is 8.92. The van der Waals surface area contributed by atoms with Gasteiger partial charge < -0.3 is 18.8 Å². The van der Waals surface area contributed by atoms with Crippen molar-refractivity contribution in [1.29, 1.82) is 0 Å². The summed E-state index contributed by atoms with van der Waals surface area (Å²) < 4.78 is 20.5. The Morgan fingerprint density at radius 2 is 1.88 bits per heavy atom. The first-order valence-corrected chi connectivity index (χ1v) is 15.3. The van der Waals surface area contributed by atoms with E-state index in [1.807, 2.05) is 37.3 Å². The lowest BCUT2D eigenvalue weighted by Gasteiger charge is -2.27. The summed E-state index contributed by atoms with van der Waals surface area (Å²) in [5.74, 6) is 2.51. The molecule has 2 aromatic carbocycles. The van der Waals surface area contributed by atoms with Gasteiger partial charge >= 0.3 is 0 Å². The summed E-state index contributed by atoms with van der Waals surface area (Å²) in [5.41, 5.74) is 8.27. The van der Waals surface area contributed by atoms with Gasteiger partial charge in [-0.1, -0.05) is 48.0 Å². The lowest BCUT2D eigenvalue weighted by molar-refractivity contribution is -0.0656. The topological polar surface area (TPSA) is 71.3 Å². The van der Waals surface area contributed by atoms with Gasteiger partial charge in [0.25, 0.3) is 0 Å². The highest BCUT2D eigenvalue weighted by atomic mass is 31.0. The van der Waals surface area contributed by atoms with Crippen molar-refractivity contribution < 1.29 is 14.2 Å². The van der Waals surface area contributed by atoms with E-state index in [1.165, 1.54) is 5.56 Å². The Morgan fingerprint density at radius 1 is 1.02 bits per heavy atom. The number of allylic oxidation sites excluding steroid dienone is 1. The van der Waals surface area contributed by atoms with E-state index in [2.05, 4.69) is 68.7 Å². The number of benzene rings is 2. The molecule has 0 bridgehead atoms. The van der Waals surface area contributed by atoms with Crippen molar-refractivity contribution in [2.24, 2.45) is 5.92 Å². The Kier molecular flexibility index (Phi) is 7.46. The zero-order chi connectivity index (χ0) is 29.5. The van der Waals surface area contributed by atoms with E-state index in [1.54, 1.807) is 6.20 Å². The number of hydrogen-bond donors (Lipinski definition) is 0. The Labute approximate surface area is 254 Å². The van der Waals surface area contributed by atoms with Crippen LogP contribution in [0.5, 0.6) is 11.8 Å². The molecule has 0 spiro atoms. The molecule has 0 N–H and O–H groups in total. The largest absolute Gasteiger partial charge is 0.473 e. The first kappa shape index (κ1) is 27.8. The molecular formula is C35H35N4O3P. The van der Waals surface area contributed by atoms with E-state index in [9.17, 15) is 0 Å². The average molecular weight is 591 g/mol. The number of aromatic nitrogens is 4. The SMILES string of the molecule is C=C(C)c1ccc2nc(COc3cc(-c4cccc(OCc5ccc(C)cc5P)n4)ccn3)n(C3CC3C3CCO3)c2c1. The molecule has 0 amide bonds. The maximum atomic E-state index is 6.27. The van der Waals surface area contributed by atoms with Gasteiger partial charge in [-0.05, 0) is 67.4 Å². The van der Waals surface area contributed by atoms with Gasteiger partial charge in [-0.15, -0.1) is 9.24 Å². The molecule has 218 valence electrons. The molecule has 8 heteroatoms. The highest BCUT2D eigenvalue weighted by molar-refractivity contribution is 7.27. The molecule has 5 aromatic rings. The van der Waals surface area contributed by atoms with E-state index in [0.29, 0.717) is 43.0 Å². The minimum Gasteiger partial charge on any atom is -0.473 e. The Balaban J connectivity index is 1.09. The predicted octanol–water partition coefficient (Wildman–Crippen LogP) is 6.84. The summed E-state index contributed by atoms with van der Waals surface area (Å²) >= 11 is 0. The number of fused-ring (bicyclic) bond motifs is 1. The molecule has 2 fully saturated rings. The Morgan fingerprint density at radius 3 is 2.67 bits per heavy atom. The monoisotopic (exact) mass is 590 g/mol. The van der Waals surface area contributed by atoms with Crippen LogP contribution in [0.3, 0.4) is 0 Å². The first-order valence-electron chi connectivity index (χ1n) is 14.8. The lowest BCUT2D eigenvalue weighted by Crippen LogP contribution is -2.29. The highest BCUT2D eigenvalue weighted by Gasteiger charge is 2.48. The summed E-state index contributed by atoms with van der Waals surface area (Å²) in [6.45, 7) is 9.89. The summed E-state index contributed by atoms with van der Waals surface area (Å²) in [7, 11) is 2.78. The van der Waals surface area contributed by atoms with Crippen molar-refractivity contribution in [3.05, 3.63) is 102 Å². The van der Waals surface area contributed by atoms with Gasteiger partial charge in [-0.3, -0.25) is 0 Å². The number of rotatable bonds is 10. The molecule has 1 saturated carbocycles. The fraction of sp³-hybridized carbons (Fsp3) is 0.286. The van der Waals surface area contributed by atoms with Crippen LogP contribution < -0.4 is 14.8 Å². The lowest BCUT2D eigenvalue weighted by atomic mass is 10.1. The second-order valence-electron chi connectivity index (χ2n) is 11.6. The van der Waals surface area contributed by atoms with Crippen molar-refractivity contribution in [3.63, 3.8) is 0 Å². The maximum Gasteiger partial charge on any atom is 0.214 e. The molecule has 4 heterocycles. The Hall–Kier alpha value is -4.06. The van der Waals surface area contributed by atoms with Gasteiger partial charge in [-0.25, -0.2) is 15.0 Å². The highest BCUT2D eigenvalue weighted by Crippen LogP contribution is 2.51. The summed E-state index contributed by atoms with van der Waals surface area (Å²) in [6, 6.07) is 22.7. The molecule has 1 aliphatic carbocycles. The van der Waals surface area contributed by atoms with Gasteiger partial charge in [0.15, 0.2) is 0 Å². The Bertz CT molecular complexity index is 1830. The first-order chi connectivity index (χ1) is 20.9. The maximum absolute atomic E-state index is 6.27. The van der Waals surface area contributed by atoms with Crippen LogP contribution >= 0.6 is 9.24 Å². The zero-order valence-corrected chi connectivity index (χ0v) is 25.6. The van der Waals surface area contributed by atoms with Crippen LogP contribution in [-0.2, 0) is 18.0 Å². The summed E-state index contributed by atoms with van der Waals surface area (Å²) in [5, 5.41) is 1.13. The molecule has 3 aromatic heterocycles. The van der Waals surface area contributed by atoms with E-state index in [4.69, 9.17) is 24.2 Å². The van der Waals surface area contributed by atoms with Crippen molar-refractivity contribution in [2.45, 2.75) is 52.0 Å². The van der Waals surface area contributed by atoms with Crippen LogP contribution in [0.25, 0.3) is 27.9 Å². The van der Waals surface area contributed by atoms with Crippen LogP contribution in [0, 0.1) is 12.8 Å². The molecule has 4 atom stereocenters. The third-order valence-electron chi connectivity index (χ3n) is 8.38. The standard InChI is InChI=1S/C35H35N4O3P/c1-21(2)23-9-10-28-30(16-23)39(29-18-26(29)31-12-14-40-31)33(37-28)20-42-35-17-24(11-13-36-35)27-5-4-6-34(38-27)41-19-25-8-7-22(3)15-32(25)43/h4-11,13,15-17,26,29,31H,1,12,14,18-20,43H2,2-3H3. The molecular weight excluding hydrogens is 555 g/mol. The van der Waals surface area contributed by atoms with E-state index in [0.717, 1.165) is 69.6 Å². The second kappa shape index (κ2) is 11.6. The van der Waals surface area contributed by atoms with Crippen LogP contribution in [0.15, 0.2) is 79.5 Å². The quantitative estimate of drug-likeness (QED) is 0.166. The molecule has 4 unspecified atom stereocenters. The molecule has 7 nitrogen and oxygen atoms in total.